The minimum absolute atomic E-state index is 0.429. The molecule has 0 saturated carbocycles. The fraction of sp³-hybridized carbons (Fsp3) is 0.100. The zero-order chi connectivity index (χ0) is 10.1. The molecule has 0 aliphatic heterocycles. The van der Waals surface area contributed by atoms with Gasteiger partial charge in [-0.3, -0.25) is 0 Å². The number of rotatable bonds is 1. The first-order valence-electron chi connectivity index (χ1n) is 4.15. The number of nitrogens with two attached hydrogens (primary N) is 2. The summed E-state index contributed by atoms with van der Waals surface area (Å²) in [5.74, 6) is 0. The van der Waals surface area contributed by atoms with Gasteiger partial charge >= 0.3 is 0 Å². The maximum atomic E-state index is 8.57. The number of thiophene rings is 1. The van der Waals surface area contributed by atoms with Gasteiger partial charge in [0.25, 0.3) is 0 Å². The summed E-state index contributed by atoms with van der Waals surface area (Å²) in [7, 11) is 0. The number of fused-ring (bicyclic) bond motifs is 1. The zero-order valence-electron chi connectivity index (χ0n) is 7.45. The van der Waals surface area contributed by atoms with Crippen molar-refractivity contribution in [1.29, 1.82) is 5.26 Å². The van der Waals surface area contributed by atoms with Crippen LogP contribution in [0.3, 0.4) is 0 Å². The number of benzene rings is 1. The van der Waals surface area contributed by atoms with Crippen LogP contribution in [-0.4, -0.2) is 0 Å². The molecule has 3 nitrogen and oxygen atoms in total. The Labute approximate surface area is 85.6 Å². The van der Waals surface area contributed by atoms with Gasteiger partial charge in [0.2, 0.25) is 0 Å². The van der Waals surface area contributed by atoms with E-state index >= 15 is 0 Å². The number of hydrogen-bond acceptors (Lipinski definition) is 4. The molecule has 2 aromatic rings. The molecule has 1 aromatic carbocycles. The minimum Gasteiger partial charge on any atom is -0.399 e. The van der Waals surface area contributed by atoms with Crippen molar-refractivity contribution in [3.63, 3.8) is 0 Å². The molecule has 4 N–H and O–H groups in total. The van der Waals surface area contributed by atoms with Gasteiger partial charge in [0.15, 0.2) is 0 Å². The Morgan fingerprint density at radius 2 is 2.07 bits per heavy atom. The highest BCUT2D eigenvalue weighted by Crippen LogP contribution is 2.32. The average Bonchev–Trinajstić information content (AvgIpc) is 2.48. The van der Waals surface area contributed by atoms with E-state index < -0.39 is 0 Å². The third-order valence-electron chi connectivity index (χ3n) is 2.00. The molecule has 14 heavy (non-hydrogen) atoms. The second-order valence-electron chi connectivity index (χ2n) is 3.07. The number of nitriles is 1. The molecule has 0 amide bonds. The first-order valence-corrected chi connectivity index (χ1v) is 4.96. The van der Waals surface area contributed by atoms with E-state index in [1.807, 2.05) is 12.1 Å². The maximum absolute atomic E-state index is 8.57. The Morgan fingerprint density at radius 1 is 1.29 bits per heavy atom. The molecular formula is C10H9N3S. The van der Waals surface area contributed by atoms with Crippen LogP contribution in [0.1, 0.15) is 4.88 Å². The number of nitrogen functional groups attached to an aromatic ring is 2. The van der Waals surface area contributed by atoms with Crippen LogP contribution < -0.4 is 11.5 Å². The average molecular weight is 203 g/mol. The largest absolute Gasteiger partial charge is 0.399 e. The van der Waals surface area contributed by atoms with Crippen LogP contribution >= 0.6 is 11.3 Å². The molecule has 0 aliphatic carbocycles. The molecule has 0 atom stereocenters. The summed E-state index contributed by atoms with van der Waals surface area (Å²) in [5, 5.41) is 9.56. The van der Waals surface area contributed by atoms with Crippen LogP contribution in [0.2, 0.25) is 0 Å². The summed E-state index contributed by atoms with van der Waals surface area (Å²) >= 11 is 1.57. The fourth-order valence-corrected chi connectivity index (χ4v) is 2.48. The molecule has 0 radical (unpaired) electrons. The first-order chi connectivity index (χ1) is 6.70. The number of nitrogens with zero attached hydrogens (tertiary/aromatic N) is 1. The Bertz CT molecular complexity index is 522. The van der Waals surface area contributed by atoms with Crippen LogP contribution in [0.5, 0.6) is 0 Å². The van der Waals surface area contributed by atoms with Crippen molar-refractivity contribution in [2.75, 3.05) is 11.5 Å². The van der Waals surface area contributed by atoms with Crippen molar-refractivity contribution >= 4 is 32.8 Å². The number of hydrogen-bond donors (Lipinski definition) is 2. The van der Waals surface area contributed by atoms with Gasteiger partial charge in [0.05, 0.1) is 12.5 Å². The van der Waals surface area contributed by atoms with Gasteiger partial charge in [-0.25, -0.2) is 0 Å². The van der Waals surface area contributed by atoms with E-state index in [-0.39, 0.29) is 0 Å². The van der Waals surface area contributed by atoms with Crippen LogP contribution in [0.15, 0.2) is 18.2 Å². The lowest BCUT2D eigenvalue weighted by atomic mass is 10.2. The first kappa shape index (κ1) is 8.85. The second-order valence-corrected chi connectivity index (χ2v) is 4.24. The molecule has 70 valence electrons. The smallest absolute Gasteiger partial charge is 0.0696 e. The Hall–Kier alpha value is -1.73. The Balaban J connectivity index is 2.66. The highest BCUT2D eigenvalue weighted by Gasteiger charge is 2.05. The standard InChI is InChI=1S/C10H9N3S/c11-2-1-7-5-8-9(13)3-6(12)4-10(8)14-7/h3-5H,1,12-13H2. The third-order valence-corrected chi connectivity index (χ3v) is 3.08. The van der Waals surface area contributed by atoms with E-state index in [0.717, 1.165) is 15.0 Å². The van der Waals surface area contributed by atoms with E-state index in [2.05, 4.69) is 6.07 Å². The van der Waals surface area contributed by atoms with E-state index in [4.69, 9.17) is 16.7 Å². The predicted octanol–water partition coefficient (Wildman–Crippen LogP) is 2.13. The van der Waals surface area contributed by atoms with E-state index in [0.29, 0.717) is 17.8 Å². The van der Waals surface area contributed by atoms with Crippen molar-refractivity contribution in [1.82, 2.24) is 0 Å². The molecule has 0 bridgehead atoms. The third kappa shape index (κ3) is 1.38. The molecule has 0 spiro atoms. The monoisotopic (exact) mass is 203 g/mol. The maximum Gasteiger partial charge on any atom is 0.0696 e. The van der Waals surface area contributed by atoms with E-state index in [1.54, 1.807) is 17.4 Å². The highest BCUT2D eigenvalue weighted by molar-refractivity contribution is 7.19. The normalized spacial score (nSPS) is 10.2. The van der Waals surface area contributed by atoms with E-state index in [1.165, 1.54) is 0 Å². The fourth-order valence-electron chi connectivity index (χ4n) is 1.41. The van der Waals surface area contributed by atoms with Crippen LogP contribution in [-0.2, 0) is 6.42 Å². The zero-order valence-corrected chi connectivity index (χ0v) is 8.27. The second kappa shape index (κ2) is 3.20. The van der Waals surface area contributed by atoms with Crippen molar-refractivity contribution < 1.29 is 0 Å². The highest BCUT2D eigenvalue weighted by atomic mass is 32.1. The Kier molecular flexibility index (Phi) is 2.02. The lowest BCUT2D eigenvalue weighted by Crippen LogP contribution is -1.89. The van der Waals surface area contributed by atoms with Gasteiger partial charge in [0, 0.05) is 26.3 Å². The molecule has 2 rings (SSSR count). The summed E-state index contributed by atoms with van der Waals surface area (Å²) < 4.78 is 1.05. The summed E-state index contributed by atoms with van der Waals surface area (Å²) in [6.45, 7) is 0. The molecule has 0 unspecified atom stereocenters. The molecule has 0 aliphatic rings. The SMILES string of the molecule is N#CCc1cc2c(N)cc(N)cc2s1. The van der Waals surface area contributed by atoms with Crippen molar-refractivity contribution in [2.24, 2.45) is 0 Å². The lowest BCUT2D eigenvalue weighted by molar-refractivity contribution is 1.32. The van der Waals surface area contributed by atoms with Crippen molar-refractivity contribution in [3.8, 4) is 6.07 Å². The van der Waals surface area contributed by atoms with Crippen LogP contribution in [0, 0.1) is 11.3 Å². The predicted molar refractivity (Wildman–Crippen MR) is 60.0 cm³/mol. The van der Waals surface area contributed by atoms with Gasteiger partial charge in [-0.15, -0.1) is 11.3 Å². The summed E-state index contributed by atoms with van der Waals surface area (Å²) in [6, 6.07) is 7.70. The van der Waals surface area contributed by atoms with Gasteiger partial charge in [-0.2, -0.15) is 5.26 Å². The van der Waals surface area contributed by atoms with Crippen molar-refractivity contribution in [3.05, 3.63) is 23.1 Å². The summed E-state index contributed by atoms with van der Waals surface area (Å²) in [6.07, 6.45) is 0.429. The van der Waals surface area contributed by atoms with Gasteiger partial charge in [0.1, 0.15) is 0 Å². The van der Waals surface area contributed by atoms with Crippen LogP contribution in [0.25, 0.3) is 10.1 Å². The lowest BCUT2D eigenvalue weighted by Gasteiger charge is -1.97. The van der Waals surface area contributed by atoms with Gasteiger partial charge in [-0.1, -0.05) is 0 Å². The Morgan fingerprint density at radius 3 is 2.79 bits per heavy atom. The number of anilines is 2. The summed E-state index contributed by atoms with van der Waals surface area (Å²) in [4.78, 5) is 1.03. The molecule has 1 heterocycles. The summed E-state index contributed by atoms with van der Waals surface area (Å²) in [5.41, 5.74) is 12.8. The topological polar surface area (TPSA) is 75.8 Å². The van der Waals surface area contributed by atoms with Crippen molar-refractivity contribution in [2.45, 2.75) is 6.42 Å². The van der Waals surface area contributed by atoms with E-state index in [9.17, 15) is 0 Å². The molecule has 0 fully saturated rings. The molecule has 4 heteroatoms. The molecule has 0 saturated heterocycles. The molecule has 1 aromatic heterocycles. The molecular weight excluding hydrogens is 194 g/mol. The quantitative estimate of drug-likeness (QED) is 0.697. The van der Waals surface area contributed by atoms with Gasteiger partial charge < -0.3 is 11.5 Å². The minimum atomic E-state index is 0.429. The van der Waals surface area contributed by atoms with Crippen LogP contribution in [0.4, 0.5) is 11.4 Å². The van der Waals surface area contributed by atoms with Gasteiger partial charge in [-0.05, 0) is 18.2 Å².